The molecule has 0 atom stereocenters. The van der Waals surface area contributed by atoms with Crippen LogP contribution in [0.2, 0.25) is 0 Å². The third kappa shape index (κ3) is 3.58. The van der Waals surface area contributed by atoms with E-state index < -0.39 is 21.8 Å². The molecule has 0 spiro atoms. The standard InChI is InChI=1S/C22H17N3O4S2/c1-2-12-24-21(27)18(20(26)23-22(24)30)13-15-14-25(19-11-7-6-10-17(15)19)31(28,29)16-8-4-3-5-9-16/h2-11,13-14H,1,12H2,(H,23,26,30)/b18-13+. The predicted octanol–water partition coefficient (Wildman–Crippen LogP) is 2.69. The molecule has 2 aromatic carbocycles. The maximum Gasteiger partial charge on any atom is 0.268 e. The first-order valence-electron chi connectivity index (χ1n) is 9.25. The summed E-state index contributed by atoms with van der Waals surface area (Å²) in [6.45, 7) is 3.73. The maximum absolute atomic E-state index is 13.2. The fourth-order valence-corrected chi connectivity index (χ4v) is 4.99. The monoisotopic (exact) mass is 451 g/mol. The Balaban J connectivity index is 1.88. The topological polar surface area (TPSA) is 88.5 Å². The minimum atomic E-state index is -3.88. The number of carbonyl (C=O) groups is 2. The van der Waals surface area contributed by atoms with Crippen LogP contribution in [0.5, 0.6) is 0 Å². The van der Waals surface area contributed by atoms with Gasteiger partial charge in [-0.05, 0) is 36.5 Å². The molecule has 0 bridgehead atoms. The predicted molar refractivity (Wildman–Crippen MR) is 122 cm³/mol. The van der Waals surface area contributed by atoms with Crippen LogP contribution in [-0.4, -0.2) is 40.8 Å². The Morgan fingerprint density at radius 3 is 2.42 bits per heavy atom. The average molecular weight is 452 g/mol. The molecule has 1 aliphatic heterocycles. The molecule has 0 saturated carbocycles. The number of amides is 2. The fraction of sp³-hybridized carbons (Fsp3) is 0.0455. The van der Waals surface area contributed by atoms with E-state index in [1.807, 2.05) is 0 Å². The van der Waals surface area contributed by atoms with Gasteiger partial charge in [0.25, 0.3) is 21.8 Å². The lowest BCUT2D eigenvalue weighted by molar-refractivity contribution is -0.128. The van der Waals surface area contributed by atoms with E-state index in [-0.39, 0.29) is 22.1 Å². The van der Waals surface area contributed by atoms with Crippen molar-refractivity contribution in [2.75, 3.05) is 6.54 Å². The summed E-state index contributed by atoms with van der Waals surface area (Å²) in [6, 6.07) is 14.9. The number of aromatic nitrogens is 1. The SMILES string of the molecule is C=CCN1C(=O)/C(=C/c2cn(S(=O)(=O)c3ccccc3)c3ccccc23)C(=O)NC1=S. The van der Waals surface area contributed by atoms with Crippen LogP contribution in [0.4, 0.5) is 0 Å². The Morgan fingerprint density at radius 1 is 1.03 bits per heavy atom. The van der Waals surface area contributed by atoms with Crippen LogP contribution in [0.1, 0.15) is 5.56 Å². The van der Waals surface area contributed by atoms with Gasteiger partial charge in [0.2, 0.25) is 0 Å². The first kappa shape index (κ1) is 20.7. The number of benzene rings is 2. The molecule has 0 unspecified atom stereocenters. The molecule has 1 saturated heterocycles. The van der Waals surface area contributed by atoms with E-state index in [4.69, 9.17) is 12.2 Å². The summed E-state index contributed by atoms with van der Waals surface area (Å²) in [7, 11) is -3.88. The van der Waals surface area contributed by atoms with Gasteiger partial charge in [-0.25, -0.2) is 12.4 Å². The minimum Gasteiger partial charge on any atom is -0.298 e. The smallest absolute Gasteiger partial charge is 0.268 e. The Kier molecular flexibility index (Phi) is 5.30. The molecule has 0 radical (unpaired) electrons. The molecule has 31 heavy (non-hydrogen) atoms. The molecular formula is C22H17N3O4S2. The van der Waals surface area contributed by atoms with Gasteiger partial charge in [0.15, 0.2) is 5.11 Å². The molecule has 9 heteroatoms. The summed E-state index contributed by atoms with van der Waals surface area (Å²) in [4.78, 5) is 26.7. The molecule has 0 aliphatic carbocycles. The van der Waals surface area contributed by atoms with Crippen LogP contribution < -0.4 is 5.32 Å². The Bertz CT molecular complexity index is 1370. The zero-order valence-electron chi connectivity index (χ0n) is 16.2. The third-order valence-corrected chi connectivity index (χ3v) is 6.82. The van der Waals surface area contributed by atoms with Crippen LogP contribution >= 0.6 is 12.2 Å². The first-order chi connectivity index (χ1) is 14.8. The van der Waals surface area contributed by atoms with Gasteiger partial charge in [-0.15, -0.1) is 6.58 Å². The second-order valence-corrected chi connectivity index (χ2v) is 8.94. The second kappa shape index (κ2) is 7.93. The zero-order chi connectivity index (χ0) is 22.2. The molecule has 1 aliphatic rings. The summed E-state index contributed by atoms with van der Waals surface area (Å²) >= 11 is 5.06. The Labute approximate surface area is 184 Å². The number of fused-ring (bicyclic) bond motifs is 1. The highest BCUT2D eigenvalue weighted by Gasteiger charge is 2.33. The minimum absolute atomic E-state index is 0.00105. The summed E-state index contributed by atoms with van der Waals surface area (Å²) in [6.07, 6.45) is 4.29. The molecule has 4 rings (SSSR count). The van der Waals surface area contributed by atoms with E-state index in [0.29, 0.717) is 16.5 Å². The molecule has 3 aromatic rings. The van der Waals surface area contributed by atoms with Gasteiger partial charge < -0.3 is 0 Å². The molecule has 1 aromatic heterocycles. The number of para-hydroxylation sites is 1. The Morgan fingerprint density at radius 2 is 1.71 bits per heavy atom. The van der Waals surface area contributed by atoms with Gasteiger partial charge in [-0.1, -0.05) is 42.5 Å². The molecule has 1 fully saturated rings. The summed E-state index contributed by atoms with van der Waals surface area (Å²) in [5.41, 5.74) is 0.704. The average Bonchev–Trinajstić information content (AvgIpc) is 3.14. The van der Waals surface area contributed by atoms with Crippen molar-refractivity contribution in [3.63, 3.8) is 0 Å². The van der Waals surface area contributed by atoms with Crippen molar-refractivity contribution in [3.8, 4) is 0 Å². The number of thiocarbonyl (C=S) groups is 1. The van der Waals surface area contributed by atoms with Gasteiger partial charge in [-0.2, -0.15) is 0 Å². The van der Waals surface area contributed by atoms with Gasteiger partial charge in [0.05, 0.1) is 10.4 Å². The van der Waals surface area contributed by atoms with E-state index in [1.54, 1.807) is 42.5 Å². The quantitative estimate of drug-likeness (QED) is 0.279. The number of hydrogen-bond donors (Lipinski definition) is 1. The van der Waals surface area contributed by atoms with Crippen molar-refractivity contribution in [2.24, 2.45) is 0 Å². The highest BCUT2D eigenvalue weighted by atomic mass is 32.2. The van der Waals surface area contributed by atoms with E-state index in [0.717, 1.165) is 3.97 Å². The van der Waals surface area contributed by atoms with Crippen LogP contribution in [0.25, 0.3) is 17.0 Å². The van der Waals surface area contributed by atoms with Crippen LogP contribution in [0.15, 0.2) is 83.9 Å². The van der Waals surface area contributed by atoms with Crippen LogP contribution in [-0.2, 0) is 19.6 Å². The lowest BCUT2D eigenvalue weighted by Crippen LogP contribution is -2.53. The molecule has 1 N–H and O–H groups in total. The van der Waals surface area contributed by atoms with E-state index >= 15 is 0 Å². The molecule has 2 heterocycles. The first-order valence-corrected chi connectivity index (χ1v) is 11.1. The highest BCUT2D eigenvalue weighted by molar-refractivity contribution is 7.90. The lowest BCUT2D eigenvalue weighted by Gasteiger charge is -2.27. The van der Waals surface area contributed by atoms with Crippen LogP contribution in [0, 0.1) is 0 Å². The molecular weight excluding hydrogens is 434 g/mol. The van der Waals surface area contributed by atoms with Crippen molar-refractivity contribution in [2.45, 2.75) is 4.90 Å². The molecule has 2 amide bonds. The molecule has 7 nitrogen and oxygen atoms in total. The van der Waals surface area contributed by atoms with Crippen molar-refractivity contribution in [1.82, 2.24) is 14.2 Å². The largest absolute Gasteiger partial charge is 0.298 e. The van der Waals surface area contributed by atoms with Gasteiger partial charge >= 0.3 is 0 Å². The zero-order valence-corrected chi connectivity index (χ0v) is 17.8. The Hall–Kier alpha value is -3.56. The van der Waals surface area contributed by atoms with Crippen molar-refractivity contribution < 1.29 is 18.0 Å². The number of nitrogens with zero attached hydrogens (tertiary/aromatic N) is 2. The van der Waals surface area contributed by atoms with Crippen molar-refractivity contribution in [3.05, 3.63) is 84.6 Å². The van der Waals surface area contributed by atoms with Crippen molar-refractivity contribution in [1.29, 1.82) is 0 Å². The fourth-order valence-electron chi connectivity index (χ4n) is 3.34. The summed E-state index contributed by atoms with van der Waals surface area (Å²) < 4.78 is 27.6. The number of nitrogens with one attached hydrogen (secondary N) is 1. The lowest BCUT2D eigenvalue weighted by atomic mass is 10.1. The van der Waals surface area contributed by atoms with E-state index in [2.05, 4.69) is 11.9 Å². The van der Waals surface area contributed by atoms with Crippen molar-refractivity contribution >= 4 is 56.1 Å². The third-order valence-electron chi connectivity index (χ3n) is 4.81. The summed E-state index contributed by atoms with van der Waals surface area (Å²) in [5, 5.41) is 3.07. The highest BCUT2D eigenvalue weighted by Crippen LogP contribution is 2.28. The normalized spacial score (nSPS) is 16.1. The number of rotatable bonds is 5. The van der Waals surface area contributed by atoms with E-state index in [1.165, 1.54) is 35.4 Å². The number of carbonyl (C=O) groups excluding carboxylic acids is 2. The van der Waals surface area contributed by atoms with Gasteiger partial charge in [0.1, 0.15) is 5.57 Å². The number of hydrogen-bond acceptors (Lipinski definition) is 5. The second-order valence-electron chi connectivity index (χ2n) is 6.74. The van der Waals surface area contributed by atoms with Gasteiger partial charge in [0, 0.05) is 23.7 Å². The van der Waals surface area contributed by atoms with E-state index in [9.17, 15) is 18.0 Å². The van der Waals surface area contributed by atoms with Crippen LogP contribution in [0.3, 0.4) is 0 Å². The maximum atomic E-state index is 13.2. The van der Waals surface area contributed by atoms with Gasteiger partial charge in [-0.3, -0.25) is 19.8 Å². The summed E-state index contributed by atoms with van der Waals surface area (Å²) in [5.74, 6) is -1.21. The molecule has 156 valence electrons.